The Hall–Kier alpha value is -0.630. The highest BCUT2D eigenvalue weighted by Crippen LogP contribution is 2.32. The third-order valence-corrected chi connectivity index (χ3v) is 4.92. The van der Waals surface area contributed by atoms with Gasteiger partial charge in [0.25, 0.3) is 0 Å². The molecule has 0 aliphatic carbocycles. The first-order valence-electron chi connectivity index (χ1n) is 4.96. The van der Waals surface area contributed by atoms with E-state index in [9.17, 15) is 0 Å². The molecule has 2 aromatic rings. The van der Waals surface area contributed by atoms with Crippen molar-refractivity contribution in [1.82, 2.24) is 15.2 Å². The minimum atomic E-state index is -0.0290. The van der Waals surface area contributed by atoms with E-state index in [2.05, 4.69) is 15.2 Å². The van der Waals surface area contributed by atoms with E-state index < -0.39 is 0 Å². The topological polar surface area (TPSA) is 64.7 Å². The maximum atomic E-state index is 5.75. The van der Waals surface area contributed by atoms with Crippen LogP contribution < -0.4 is 5.73 Å². The van der Waals surface area contributed by atoms with Crippen LogP contribution in [0, 0.1) is 0 Å². The van der Waals surface area contributed by atoms with Crippen molar-refractivity contribution in [3.05, 3.63) is 24.0 Å². The number of thioether (sulfide) groups is 1. The first-order valence-corrected chi connectivity index (χ1v) is 7.81. The normalized spacial score (nSPS) is 12.6. The van der Waals surface area contributed by atoms with E-state index in [-0.39, 0.29) is 6.04 Å². The molecule has 7 heteroatoms. The predicted octanol–water partition coefficient (Wildman–Crippen LogP) is 2.83. The fourth-order valence-corrected chi connectivity index (χ4v) is 3.52. The lowest BCUT2D eigenvalue weighted by atomic mass is 10.2. The van der Waals surface area contributed by atoms with Crippen LogP contribution in [0.2, 0.25) is 0 Å². The van der Waals surface area contributed by atoms with Crippen molar-refractivity contribution < 1.29 is 0 Å². The lowest BCUT2D eigenvalue weighted by Crippen LogP contribution is -2.06. The van der Waals surface area contributed by atoms with Gasteiger partial charge in [0.1, 0.15) is 0 Å². The Balaban J connectivity index is 2.08. The molecule has 2 rings (SSSR count). The summed E-state index contributed by atoms with van der Waals surface area (Å²) in [6.07, 6.45) is 3.82. The number of hydrogen-bond acceptors (Lipinski definition) is 7. The monoisotopic (exact) mass is 284 g/mol. The summed E-state index contributed by atoms with van der Waals surface area (Å²) in [5.41, 5.74) is 6.64. The minimum absolute atomic E-state index is 0.0290. The molecule has 0 aromatic carbocycles. The predicted molar refractivity (Wildman–Crippen MR) is 72.7 cm³/mol. The summed E-state index contributed by atoms with van der Waals surface area (Å²) in [6, 6.07) is 3.93. The second kappa shape index (κ2) is 5.81. The quantitative estimate of drug-likeness (QED) is 0.871. The summed E-state index contributed by atoms with van der Waals surface area (Å²) >= 11 is 4.77. The van der Waals surface area contributed by atoms with Gasteiger partial charge in [-0.15, -0.1) is 10.2 Å². The Morgan fingerprint density at radius 1 is 1.29 bits per heavy atom. The van der Waals surface area contributed by atoms with Crippen LogP contribution in [0.25, 0.3) is 0 Å². The third kappa shape index (κ3) is 3.41. The van der Waals surface area contributed by atoms with Gasteiger partial charge in [-0.2, -0.15) is 0 Å². The van der Waals surface area contributed by atoms with Gasteiger partial charge in [0, 0.05) is 17.1 Å². The van der Waals surface area contributed by atoms with Crippen LogP contribution in [0.5, 0.6) is 0 Å². The molecule has 4 nitrogen and oxygen atoms in total. The maximum Gasteiger partial charge on any atom is 0.179 e. The van der Waals surface area contributed by atoms with E-state index in [0.717, 1.165) is 19.3 Å². The molecule has 2 heterocycles. The van der Waals surface area contributed by atoms with Crippen molar-refractivity contribution >= 4 is 34.9 Å². The van der Waals surface area contributed by atoms with Gasteiger partial charge in [0.05, 0.1) is 5.69 Å². The molecule has 2 N–H and O–H groups in total. The van der Waals surface area contributed by atoms with Crippen molar-refractivity contribution in [2.24, 2.45) is 5.73 Å². The Kier molecular flexibility index (Phi) is 4.38. The van der Waals surface area contributed by atoms with Gasteiger partial charge in [-0.25, -0.2) is 0 Å². The van der Waals surface area contributed by atoms with E-state index in [1.54, 1.807) is 34.9 Å². The summed E-state index contributed by atoms with van der Waals surface area (Å²) in [6.45, 7) is 1.92. The van der Waals surface area contributed by atoms with E-state index in [4.69, 9.17) is 5.73 Å². The second-order valence-electron chi connectivity index (χ2n) is 3.35. The first kappa shape index (κ1) is 12.8. The van der Waals surface area contributed by atoms with E-state index in [0.29, 0.717) is 0 Å². The zero-order chi connectivity index (χ0) is 12.3. The van der Waals surface area contributed by atoms with Crippen molar-refractivity contribution in [2.75, 3.05) is 6.26 Å². The van der Waals surface area contributed by atoms with Crippen LogP contribution in [0.3, 0.4) is 0 Å². The molecule has 2 aromatic heterocycles. The molecule has 0 radical (unpaired) electrons. The molecular formula is C10H12N4S3. The molecule has 0 saturated heterocycles. The zero-order valence-corrected chi connectivity index (χ0v) is 11.9. The molecule has 0 unspecified atom stereocenters. The zero-order valence-electron chi connectivity index (χ0n) is 9.45. The molecule has 1 atom stereocenters. The molecule has 0 aliphatic heterocycles. The molecule has 90 valence electrons. The molecular weight excluding hydrogens is 272 g/mol. The fourth-order valence-electron chi connectivity index (χ4n) is 1.14. The maximum absolute atomic E-state index is 5.75. The number of nitrogens with two attached hydrogens (primary N) is 1. The summed E-state index contributed by atoms with van der Waals surface area (Å²) in [5.74, 6) is 0. The molecule has 0 saturated carbocycles. The summed E-state index contributed by atoms with van der Waals surface area (Å²) < 4.78 is 1.91. The summed E-state index contributed by atoms with van der Waals surface area (Å²) in [7, 11) is 0. The van der Waals surface area contributed by atoms with Gasteiger partial charge >= 0.3 is 0 Å². The lowest BCUT2D eigenvalue weighted by Gasteiger charge is -2.04. The SMILES string of the molecule is CSc1nnc(Sc2ccc([C@@H](C)N)nc2)s1. The molecule has 0 aliphatic rings. The molecule has 0 bridgehead atoms. The van der Waals surface area contributed by atoms with Crippen LogP contribution in [0.1, 0.15) is 18.7 Å². The average Bonchev–Trinajstić information content (AvgIpc) is 2.77. The minimum Gasteiger partial charge on any atom is -0.323 e. The first-order chi connectivity index (χ1) is 8.19. The van der Waals surface area contributed by atoms with Gasteiger partial charge in [-0.05, 0) is 25.3 Å². The van der Waals surface area contributed by atoms with Crippen LogP contribution in [0.15, 0.2) is 31.9 Å². The number of aromatic nitrogens is 3. The van der Waals surface area contributed by atoms with Gasteiger partial charge in [0.15, 0.2) is 8.68 Å². The Morgan fingerprint density at radius 2 is 2.06 bits per heavy atom. The van der Waals surface area contributed by atoms with E-state index >= 15 is 0 Å². The Labute approximate surface area is 112 Å². The second-order valence-corrected chi connectivity index (χ2v) is 6.70. The van der Waals surface area contributed by atoms with Crippen molar-refractivity contribution in [3.8, 4) is 0 Å². The van der Waals surface area contributed by atoms with Crippen molar-refractivity contribution in [1.29, 1.82) is 0 Å². The lowest BCUT2D eigenvalue weighted by molar-refractivity contribution is 0.777. The van der Waals surface area contributed by atoms with Crippen molar-refractivity contribution in [2.45, 2.75) is 26.5 Å². The fraction of sp³-hybridized carbons (Fsp3) is 0.300. The number of rotatable bonds is 4. The summed E-state index contributed by atoms with van der Waals surface area (Å²) in [4.78, 5) is 5.36. The van der Waals surface area contributed by atoms with Crippen LogP contribution in [-0.2, 0) is 0 Å². The summed E-state index contributed by atoms with van der Waals surface area (Å²) in [5, 5.41) is 8.14. The molecule has 0 fully saturated rings. The number of pyridine rings is 1. The smallest absolute Gasteiger partial charge is 0.179 e. The van der Waals surface area contributed by atoms with Crippen LogP contribution in [0.4, 0.5) is 0 Å². The Morgan fingerprint density at radius 3 is 2.59 bits per heavy atom. The number of hydrogen-bond donors (Lipinski definition) is 1. The van der Waals surface area contributed by atoms with Gasteiger partial charge in [-0.3, -0.25) is 4.98 Å². The highest BCUT2D eigenvalue weighted by atomic mass is 32.2. The van der Waals surface area contributed by atoms with Gasteiger partial charge < -0.3 is 5.73 Å². The number of nitrogens with zero attached hydrogens (tertiary/aromatic N) is 3. The largest absolute Gasteiger partial charge is 0.323 e. The van der Waals surface area contributed by atoms with E-state index in [1.807, 2.05) is 31.5 Å². The average molecular weight is 284 g/mol. The third-order valence-electron chi connectivity index (χ3n) is 1.99. The standard InChI is InChI=1S/C10H12N4S3/c1-6(11)8-4-3-7(5-12-8)16-10-14-13-9(15-2)17-10/h3-6H,11H2,1-2H3/t6-/m1/s1. The molecule has 0 spiro atoms. The van der Waals surface area contributed by atoms with Gasteiger partial charge in [0.2, 0.25) is 0 Å². The Bertz CT molecular complexity index is 481. The van der Waals surface area contributed by atoms with Crippen LogP contribution >= 0.6 is 34.9 Å². The highest BCUT2D eigenvalue weighted by molar-refractivity contribution is 8.03. The van der Waals surface area contributed by atoms with Crippen LogP contribution in [-0.4, -0.2) is 21.4 Å². The highest BCUT2D eigenvalue weighted by Gasteiger charge is 2.06. The van der Waals surface area contributed by atoms with Crippen molar-refractivity contribution in [3.63, 3.8) is 0 Å². The van der Waals surface area contributed by atoms with E-state index in [1.165, 1.54) is 0 Å². The molecule has 17 heavy (non-hydrogen) atoms. The van der Waals surface area contributed by atoms with Gasteiger partial charge in [-0.1, -0.05) is 34.9 Å². The molecule has 0 amide bonds.